The van der Waals surface area contributed by atoms with Crippen LogP contribution in [-0.2, 0) is 17.7 Å². The van der Waals surface area contributed by atoms with E-state index in [2.05, 4.69) is 16.4 Å². The number of benzene rings is 1. The Balaban J connectivity index is 1.68. The molecule has 1 aromatic heterocycles. The summed E-state index contributed by atoms with van der Waals surface area (Å²) in [6.45, 7) is 4.69. The SMILES string of the molecule is CCOC(=O)c1cc(CNC2CCc3c(O)cccc32)[nH]c1C. The molecule has 0 fully saturated rings. The van der Waals surface area contributed by atoms with Gasteiger partial charge in [-0.05, 0) is 49.9 Å². The van der Waals surface area contributed by atoms with Gasteiger partial charge >= 0.3 is 5.97 Å². The number of aromatic hydroxyl groups is 1. The van der Waals surface area contributed by atoms with Crippen LogP contribution >= 0.6 is 0 Å². The average Bonchev–Trinajstić information content (AvgIpc) is 3.10. The summed E-state index contributed by atoms with van der Waals surface area (Å²) in [5, 5.41) is 13.4. The number of aromatic nitrogens is 1. The Morgan fingerprint density at radius 2 is 2.30 bits per heavy atom. The fourth-order valence-corrected chi connectivity index (χ4v) is 3.22. The second-order valence-electron chi connectivity index (χ2n) is 5.87. The Kier molecular flexibility index (Phi) is 4.39. The molecule has 3 N–H and O–H groups in total. The number of rotatable bonds is 5. The van der Waals surface area contributed by atoms with Crippen LogP contribution in [-0.4, -0.2) is 22.7 Å². The van der Waals surface area contributed by atoms with Gasteiger partial charge in [0.25, 0.3) is 0 Å². The fourth-order valence-electron chi connectivity index (χ4n) is 3.22. The number of fused-ring (bicyclic) bond motifs is 1. The molecule has 0 radical (unpaired) electrons. The molecule has 1 heterocycles. The largest absolute Gasteiger partial charge is 0.508 e. The van der Waals surface area contributed by atoms with Gasteiger partial charge in [-0.3, -0.25) is 0 Å². The summed E-state index contributed by atoms with van der Waals surface area (Å²) in [6, 6.07) is 7.75. The van der Waals surface area contributed by atoms with Crippen LogP contribution in [0.25, 0.3) is 0 Å². The Labute approximate surface area is 135 Å². The van der Waals surface area contributed by atoms with Crippen LogP contribution in [0.15, 0.2) is 24.3 Å². The molecular formula is C18H22N2O3. The van der Waals surface area contributed by atoms with Crippen molar-refractivity contribution in [1.82, 2.24) is 10.3 Å². The minimum absolute atomic E-state index is 0.228. The van der Waals surface area contributed by atoms with E-state index in [0.29, 0.717) is 24.5 Å². The van der Waals surface area contributed by atoms with Crippen LogP contribution in [0.2, 0.25) is 0 Å². The first kappa shape index (κ1) is 15.6. The molecule has 5 heteroatoms. The van der Waals surface area contributed by atoms with Crippen molar-refractivity contribution in [2.45, 2.75) is 39.3 Å². The lowest BCUT2D eigenvalue weighted by Gasteiger charge is -2.13. The van der Waals surface area contributed by atoms with Gasteiger partial charge in [0.05, 0.1) is 12.2 Å². The molecule has 122 valence electrons. The van der Waals surface area contributed by atoms with E-state index in [1.165, 1.54) is 5.56 Å². The van der Waals surface area contributed by atoms with E-state index in [1.54, 1.807) is 13.0 Å². The number of phenolic OH excluding ortho intramolecular Hbond substituents is 1. The zero-order valence-corrected chi connectivity index (χ0v) is 13.5. The monoisotopic (exact) mass is 314 g/mol. The molecule has 0 saturated carbocycles. The van der Waals surface area contributed by atoms with Gasteiger partial charge in [-0.2, -0.15) is 0 Å². The molecule has 2 aromatic rings. The lowest BCUT2D eigenvalue weighted by molar-refractivity contribution is 0.0525. The molecule has 0 bridgehead atoms. The summed E-state index contributed by atoms with van der Waals surface area (Å²) in [5.41, 5.74) is 4.58. The number of esters is 1. The number of H-pyrrole nitrogens is 1. The maximum Gasteiger partial charge on any atom is 0.339 e. The third kappa shape index (κ3) is 3.10. The van der Waals surface area contributed by atoms with Crippen molar-refractivity contribution >= 4 is 5.97 Å². The third-order valence-corrected chi connectivity index (χ3v) is 4.35. The lowest BCUT2D eigenvalue weighted by atomic mass is 10.1. The highest BCUT2D eigenvalue weighted by atomic mass is 16.5. The zero-order chi connectivity index (χ0) is 16.4. The molecule has 0 amide bonds. The first-order chi connectivity index (χ1) is 11.1. The normalized spacial score (nSPS) is 16.3. The number of carbonyl (C=O) groups is 1. The van der Waals surface area contributed by atoms with Gasteiger partial charge < -0.3 is 20.1 Å². The Morgan fingerprint density at radius 1 is 1.48 bits per heavy atom. The molecule has 0 saturated heterocycles. The van der Waals surface area contributed by atoms with Crippen molar-refractivity contribution in [2.24, 2.45) is 0 Å². The maximum atomic E-state index is 11.9. The predicted molar refractivity (Wildman–Crippen MR) is 87.5 cm³/mol. The number of aromatic amines is 1. The van der Waals surface area contributed by atoms with Gasteiger partial charge in [0.15, 0.2) is 0 Å². The van der Waals surface area contributed by atoms with E-state index in [9.17, 15) is 9.90 Å². The van der Waals surface area contributed by atoms with Crippen LogP contribution in [0, 0.1) is 6.92 Å². The van der Waals surface area contributed by atoms with E-state index < -0.39 is 0 Å². The van der Waals surface area contributed by atoms with Crippen LogP contribution in [0.3, 0.4) is 0 Å². The van der Waals surface area contributed by atoms with Crippen LogP contribution in [0.4, 0.5) is 0 Å². The van der Waals surface area contributed by atoms with Crippen molar-refractivity contribution in [2.75, 3.05) is 6.61 Å². The van der Waals surface area contributed by atoms with Crippen LogP contribution in [0.5, 0.6) is 5.75 Å². The van der Waals surface area contributed by atoms with Crippen molar-refractivity contribution in [3.63, 3.8) is 0 Å². The Morgan fingerprint density at radius 3 is 3.09 bits per heavy atom. The molecule has 1 aliphatic carbocycles. The molecule has 5 nitrogen and oxygen atoms in total. The van der Waals surface area contributed by atoms with E-state index in [1.807, 2.05) is 19.1 Å². The van der Waals surface area contributed by atoms with Crippen molar-refractivity contribution in [3.8, 4) is 5.75 Å². The lowest BCUT2D eigenvalue weighted by Crippen LogP contribution is -2.18. The number of phenols is 1. The summed E-state index contributed by atoms with van der Waals surface area (Å²) in [7, 11) is 0. The van der Waals surface area contributed by atoms with E-state index in [0.717, 1.165) is 29.8 Å². The smallest absolute Gasteiger partial charge is 0.339 e. The zero-order valence-electron chi connectivity index (χ0n) is 13.5. The van der Waals surface area contributed by atoms with Gasteiger partial charge in [-0.1, -0.05) is 12.1 Å². The molecule has 1 atom stereocenters. The third-order valence-electron chi connectivity index (χ3n) is 4.35. The number of hydrogen-bond donors (Lipinski definition) is 3. The first-order valence-electron chi connectivity index (χ1n) is 8.00. The standard InChI is InChI=1S/C18H22N2O3/c1-3-23-18(22)15-9-12(20-11(15)2)10-19-16-8-7-14-13(16)5-4-6-17(14)21/h4-6,9,16,19-21H,3,7-8,10H2,1-2H3. The number of ether oxygens (including phenoxy) is 1. The predicted octanol–water partition coefficient (Wildman–Crippen LogP) is 2.98. The Bertz CT molecular complexity index is 721. The topological polar surface area (TPSA) is 74.3 Å². The molecule has 0 spiro atoms. The fraction of sp³-hybridized carbons (Fsp3) is 0.389. The summed E-state index contributed by atoms with van der Waals surface area (Å²) in [4.78, 5) is 15.1. The van der Waals surface area contributed by atoms with Gasteiger partial charge in [0.1, 0.15) is 5.75 Å². The van der Waals surface area contributed by atoms with Gasteiger partial charge in [0, 0.05) is 24.0 Å². The highest BCUT2D eigenvalue weighted by Crippen LogP contribution is 2.36. The summed E-state index contributed by atoms with van der Waals surface area (Å²) >= 11 is 0. The molecule has 0 aliphatic heterocycles. The van der Waals surface area contributed by atoms with Crippen LogP contribution in [0.1, 0.15) is 52.3 Å². The number of hydrogen-bond acceptors (Lipinski definition) is 4. The number of nitrogens with one attached hydrogen (secondary N) is 2. The van der Waals surface area contributed by atoms with E-state index in [4.69, 9.17) is 4.74 Å². The highest BCUT2D eigenvalue weighted by Gasteiger charge is 2.24. The van der Waals surface area contributed by atoms with Crippen LogP contribution < -0.4 is 5.32 Å². The van der Waals surface area contributed by atoms with Gasteiger partial charge in [-0.15, -0.1) is 0 Å². The second-order valence-corrected chi connectivity index (χ2v) is 5.87. The molecule has 1 aliphatic rings. The molecule has 23 heavy (non-hydrogen) atoms. The van der Waals surface area contributed by atoms with Gasteiger partial charge in [0.2, 0.25) is 0 Å². The quantitative estimate of drug-likeness (QED) is 0.742. The second kappa shape index (κ2) is 6.46. The summed E-state index contributed by atoms with van der Waals surface area (Å²) < 4.78 is 5.05. The van der Waals surface area contributed by atoms with Crippen molar-refractivity contribution in [3.05, 3.63) is 52.3 Å². The first-order valence-corrected chi connectivity index (χ1v) is 8.00. The number of aryl methyl sites for hydroxylation is 1. The number of carbonyl (C=O) groups excluding carboxylic acids is 1. The molecule has 3 rings (SSSR count). The summed E-state index contributed by atoms with van der Waals surface area (Å²) in [5.74, 6) is 0.0933. The van der Waals surface area contributed by atoms with Crippen molar-refractivity contribution in [1.29, 1.82) is 0 Å². The molecular weight excluding hydrogens is 292 g/mol. The van der Waals surface area contributed by atoms with Crippen molar-refractivity contribution < 1.29 is 14.6 Å². The van der Waals surface area contributed by atoms with E-state index >= 15 is 0 Å². The van der Waals surface area contributed by atoms with Gasteiger partial charge in [-0.25, -0.2) is 4.79 Å². The maximum absolute atomic E-state index is 11.9. The minimum atomic E-state index is -0.288. The average molecular weight is 314 g/mol. The Hall–Kier alpha value is -2.27. The molecule has 1 aromatic carbocycles. The summed E-state index contributed by atoms with van der Waals surface area (Å²) in [6.07, 6.45) is 1.86. The molecule has 1 unspecified atom stereocenters. The minimum Gasteiger partial charge on any atom is -0.508 e. The van der Waals surface area contributed by atoms with E-state index in [-0.39, 0.29) is 12.0 Å². The highest BCUT2D eigenvalue weighted by molar-refractivity contribution is 5.90.